The molecule has 0 saturated carbocycles. The number of hydrogen-bond acceptors (Lipinski definition) is 6. The fraction of sp³-hybridized carbons (Fsp3) is 0.364. The zero-order valence-corrected chi connectivity index (χ0v) is 10.1. The number of methoxy groups -OCH3 is 4. The summed E-state index contributed by atoms with van der Waals surface area (Å²) in [5, 5.41) is 9.89. The summed E-state index contributed by atoms with van der Waals surface area (Å²) in [5.74, 6) is 0.000417. The normalized spacial score (nSPS) is 9.65. The predicted octanol–water partition coefficient (Wildman–Crippen LogP) is 1.24. The highest BCUT2D eigenvalue weighted by Gasteiger charge is 2.26. The highest BCUT2D eigenvalue weighted by molar-refractivity contribution is 5.89. The van der Waals surface area contributed by atoms with E-state index in [2.05, 4.69) is 0 Å². The Morgan fingerprint density at radius 2 is 1.29 bits per heavy atom. The van der Waals surface area contributed by atoms with E-state index in [0.717, 1.165) is 0 Å². The minimum atomic E-state index is -0.310. The molecule has 17 heavy (non-hydrogen) atoms. The number of carbonyl (C=O) groups excluding carboxylic acids is 1. The van der Waals surface area contributed by atoms with E-state index >= 15 is 0 Å². The maximum Gasteiger partial charge on any atom is 0.211 e. The summed E-state index contributed by atoms with van der Waals surface area (Å²) >= 11 is 0. The molecule has 6 nitrogen and oxygen atoms in total. The summed E-state index contributed by atoms with van der Waals surface area (Å²) in [5.41, 5.74) is 0.0603. The van der Waals surface area contributed by atoms with Crippen LogP contribution in [0.5, 0.6) is 28.7 Å². The molecule has 0 aliphatic heterocycles. The summed E-state index contributed by atoms with van der Waals surface area (Å²) in [6.07, 6.45) is 0.513. The van der Waals surface area contributed by atoms with Crippen LogP contribution in [0.2, 0.25) is 0 Å². The van der Waals surface area contributed by atoms with E-state index < -0.39 is 0 Å². The minimum absolute atomic E-state index is 0.0190. The topological polar surface area (TPSA) is 74.2 Å². The van der Waals surface area contributed by atoms with Gasteiger partial charge in [-0.25, -0.2) is 0 Å². The van der Waals surface area contributed by atoms with Crippen molar-refractivity contribution in [3.8, 4) is 28.7 Å². The maximum atomic E-state index is 11.0. The lowest BCUT2D eigenvalue weighted by Crippen LogP contribution is -2.02. The average Bonchev–Trinajstić information content (AvgIpc) is 2.36. The fourth-order valence-corrected chi connectivity index (χ4v) is 1.56. The van der Waals surface area contributed by atoms with Crippen molar-refractivity contribution in [2.45, 2.75) is 0 Å². The number of phenols is 1. The third-order valence-electron chi connectivity index (χ3n) is 2.27. The second kappa shape index (κ2) is 5.29. The summed E-state index contributed by atoms with van der Waals surface area (Å²) in [6, 6.07) is 0. The largest absolute Gasteiger partial charge is 0.502 e. The van der Waals surface area contributed by atoms with E-state index in [-0.39, 0.29) is 34.3 Å². The average molecular weight is 242 g/mol. The van der Waals surface area contributed by atoms with Crippen molar-refractivity contribution in [3.05, 3.63) is 5.56 Å². The number of rotatable bonds is 5. The molecule has 0 atom stereocenters. The molecule has 0 unspecified atom stereocenters. The lowest BCUT2D eigenvalue weighted by Gasteiger charge is -2.17. The lowest BCUT2D eigenvalue weighted by molar-refractivity contribution is 0.111. The second-order valence-electron chi connectivity index (χ2n) is 3.01. The molecule has 0 amide bonds. The molecule has 6 heteroatoms. The van der Waals surface area contributed by atoms with Crippen LogP contribution in [0.4, 0.5) is 0 Å². The molecule has 1 aromatic rings. The van der Waals surface area contributed by atoms with Crippen molar-refractivity contribution in [2.24, 2.45) is 0 Å². The van der Waals surface area contributed by atoms with Crippen LogP contribution in [0.15, 0.2) is 0 Å². The Labute approximate surface area is 98.7 Å². The molecule has 1 aromatic carbocycles. The Morgan fingerprint density at radius 3 is 1.65 bits per heavy atom. The van der Waals surface area contributed by atoms with Gasteiger partial charge in [0.15, 0.2) is 17.8 Å². The van der Waals surface area contributed by atoms with Crippen LogP contribution in [-0.2, 0) is 0 Å². The first-order chi connectivity index (χ1) is 8.15. The van der Waals surface area contributed by atoms with Gasteiger partial charge in [-0.1, -0.05) is 0 Å². The highest BCUT2D eigenvalue weighted by Crippen LogP contribution is 2.52. The number of carbonyl (C=O) groups is 1. The van der Waals surface area contributed by atoms with Crippen molar-refractivity contribution in [1.82, 2.24) is 0 Å². The summed E-state index contributed by atoms with van der Waals surface area (Å²) in [7, 11) is 5.44. The number of benzene rings is 1. The Morgan fingerprint density at radius 1 is 0.824 bits per heavy atom. The third kappa shape index (κ3) is 1.93. The number of aldehydes is 1. The molecule has 0 bridgehead atoms. The van der Waals surface area contributed by atoms with Gasteiger partial charge >= 0.3 is 0 Å². The zero-order chi connectivity index (χ0) is 13.0. The second-order valence-corrected chi connectivity index (χ2v) is 3.01. The van der Waals surface area contributed by atoms with Crippen LogP contribution in [-0.4, -0.2) is 39.8 Å². The van der Waals surface area contributed by atoms with Crippen molar-refractivity contribution < 1.29 is 28.8 Å². The van der Waals surface area contributed by atoms with E-state index in [0.29, 0.717) is 6.29 Å². The molecule has 0 aliphatic rings. The molecule has 1 rings (SSSR count). The van der Waals surface area contributed by atoms with Crippen LogP contribution >= 0.6 is 0 Å². The molecule has 0 spiro atoms. The number of hydrogen-bond donors (Lipinski definition) is 1. The van der Waals surface area contributed by atoms with Gasteiger partial charge in [0.2, 0.25) is 17.2 Å². The van der Waals surface area contributed by atoms with Crippen LogP contribution in [0.3, 0.4) is 0 Å². The van der Waals surface area contributed by atoms with Gasteiger partial charge < -0.3 is 24.1 Å². The lowest BCUT2D eigenvalue weighted by atomic mass is 10.1. The molecule has 0 aliphatic carbocycles. The van der Waals surface area contributed by atoms with Crippen molar-refractivity contribution in [3.63, 3.8) is 0 Å². The van der Waals surface area contributed by atoms with Gasteiger partial charge in [-0.3, -0.25) is 4.79 Å². The predicted molar refractivity (Wildman–Crippen MR) is 59.7 cm³/mol. The first kappa shape index (κ1) is 13.0. The van der Waals surface area contributed by atoms with E-state index in [4.69, 9.17) is 18.9 Å². The first-order valence-corrected chi connectivity index (χ1v) is 4.70. The van der Waals surface area contributed by atoms with Crippen molar-refractivity contribution in [2.75, 3.05) is 28.4 Å². The number of phenolic OH excluding ortho intramolecular Hbond substituents is 1. The number of aromatic hydroxyl groups is 1. The molecule has 94 valence electrons. The quantitative estimate of drug-likeness (QED) is 0.783. The molecular weight excluding hydrogens is 228 g/mol. The molecule has 0 saturated heterocycles. The van der Waals surface area contributed by atoms with Crippen molar-refractivity contribution >= 4 is 6.29 Å². The molecule has 0 aromatic heterocycles. The van der Waals surface area contributed by atoms with Gasteiger partial charge in [-0.05, 0) is 0 Å². The van der Waals surface area contributed by atoms with E-state index in [1.54, 1.807) is 0 Å². The van der Waals surface area contributed by atoms with Gasteiger partial charge in [0.1, 0.15) is 5.56 Å². The third-order valence-corrected chi connectivity index (χ3v) is 2.27. The Hall–Kier alpha value is -2.11. The Kier molecular flexibility index (Phi) is 4.03. The standard InChI is InChI=1S/C11H14O6/c1-14-8-6(5-12)9(15-2)11(17-4)10(16-3)7(8)13/h5,13H,1-4H3. The molecule has 0 fully saturated rings. The SMILES string of the molecule is COc1c(O)c(OC)c(OC)c(OC)c1C=O. The number of ether oxygens (including phenoxy) is 4. The molecular formula is C11H14O6. The fourth-order valence-electron chi connectivity index (χ4n) is 1.56. The molecule has 1 N–H and O–H groups in total. The monoisotopic (exact) mass is 242 g/mol. The summed E-state index contributed by atoms with van der Waals surface area (Å²) < 4.78 is 20.1. The first-order valence-electron chi connectivity index (χ1n) is 4.70. The van der Waals surface area contributed by atoms with Crippen LogP contribution < -0.4 is 18.9 Å². The minimum Gasteiger partial charge on any atom is -0.502 e. The van der Waals surface area contributed by atoms with Gasteiger partial charge in [0.25, 0.3) is 0 Å². The maximum absolute atomic E-state index is 11.0. The van der Waals surface area contributed by atoms with E-state index in [1.165, 1.54) is 28.4 Å². The van der Waals surface area contributed by atoms with E-state index in [1.807, 2.05) is 0 Å². The summed E-state index contributed by atoms with van der Waals surface area (Å²) in [4.78, 5) is 11.0. The van der Waals surface area contributed by atoms with Gasteiger partial charge in [-0.15, -0.1) is 0 Å². The van der Waals surface area contributed by atoms with Crippen LogP contribution in [0.1, 0.15) is 10.4 Å². The molecule has 0 radical (unpaired) electrons. The zero-order valence-electron chi connectivity index (χ0n) is 10.1. The summed E-state index contributed by atoms with van der Waals surface area (Å²) in [6.45, 7) is 0. The molecule has 0 heterocycles. The Balaban J connectivity index is 3.72. The smallest absolute Gasteiger partial charge is 0.211 e. The van der Waals surface area contributed by atoms with Crippen LogP contribution in [0, 0.1) is 0 Å². The Bertz CT molecular complexity index is 427. The van der Waals surface area contributed by atoms with Gasteiger partial charge in [0, 0.05) is 0 Å². The van der Waals surface area contributed by atoms with Crippen molar-refractivity contribution in [1.29, 1.82) is 0 Å². The van der Waals surface area contributed by atoms with Gasteiger partial charge in [-0.2, -0.15) is 0 Å². The van der Waals surface area contributed by atoms with Gasteiger partial charge in [0.05, 0.1) is 28.4 Å². The highest BCUT2D eigenvalue weighted by atomic mass is 16.5. The van der Waals surface area contributed by atoms with Crippen LogP contribution in [0.25, 0.3) is 0 Å². The van der Waals surface area contributed by atoms with E-state index in [9.17, 15) is 9.90 Å².